The van der Waals surface area contributed by atoms with E-state index in [2.05, 4.69) is 48.9 Å². The number of carboxylic acid groups (broad SMARTS) is 1. The van der Waals surface area contributed by atoms with Crippen molar-refractivity contribution in [3.05, 3.63) is 100 Å². The highest BCUT2D eigenvalue weighted by Crippen LogP contribution is 2.39. The maximum Gasteiger partial charge on any atom is 0.326 e. The molecule has 4 bridgehead atoms. The number of likely N-dealkylation sites (N-methyl/N-ethyl adjacent to an activating group) is 1. The Bertz CT molecular complexity index is 2250. The molecule has 0 aliphatic carbocycles. The zero-order valence-electron chi connectivity index (χ0n) is 35.1. The Morgan fingerprint density at radius 1 is 0.950 bits per heavy atom. The van der Waals surface area contributed by atoms with E-state index in [1.165, 1.54) is 25.6 Å². The number of nitrogens with two attached hydrogens (primary N) is 2. The number of aliphatic carboxylic acids is 1. The fourth-order valence-electron chi connectivity index (χ4n) is 7.28. The average Bonchev–Trinajstić information content (AvgIpc) is 3.19. The number of aryl methyl sites for hydroxylation is 2. The summed E-state index contributed by atoms with van der Waals surface area (Å²) in [5.41, 5.74) is 17.2. The molecule has 3 aromatic carbocycles. The van der Waals surface area contributed by atoms with Crippen molar-refractivity contribution in [2.24, 2.45) is 11.5 Å². The minimum absolute atomic E-state index is 0.00992. The predicted molar refractivity (Wildman–Crippen MR) is 227 cm³/mol. The van der Waals surface area contributed by atoms with E-state index in [0.717, 1.165) is 10.5 Å². The lowest BCUT2D eigenvalue weighted by atomic mass is 9.86. The molecule has 4 aromatic rings. The van der Waals surface area contributed by atoms with Gasteiger partial charge in [0.05, 0.1) is 17.0 Å². The lowest BCUT2D eigenvalue weighted by molar-refractivity contribution is -0.143. The van der Waals surface area contributed by atoms with Crippen LogP contribution in [-0.4, -0.2) is 94.6 Å². The third kappa shape index (κ3) is 10.1. The first-order valence-electron chi connectivity index (χ1n) is 19.8. The van der Waals surface area contributed by atoms with Gasteiger partial charge in [0, 0.05) is 36.7 Å². The van der Waals surface area contributed by atoms with Crippen LogP contribution in [0.25, 0.3) is 22.4 Å². The number of fused-ring (bicyclic) bond motifs is 5. The number of ether oxygens (including phenoxy) is 1. The molecule has 4 amide bonds. The first kappa shape index (κ1) is 44.8. The van der Waals surface area contributed by atoms with E-state index in [0.29, 0.717) is 33.8 Å². The molecule has 15 heteroatoms. The lowest BCUT2D eigenvalue weighted by Crippen LogP contribution is -2.55. The van der Waals surface area contributed by atoms with Crippen LogP contribution in [0.15, 0.2) is 66.7 Å². The van der Waals surface area contributed by atoms with Gasteiger partial charge < -0.3 is 47.3 Å². The minimum Gasteiger partial charge on any atom is -0.507 e. The molecular weight excluding hydrogens is 767 g/mol. The van der Waals surface area contributed by atoms with Gasteiger partial charge >= 0.3 is 5.97 Å². The number of amides is 4. The molecule has 5 rings (SSSR count). The summed E-state index contributed by atoms with van der Waals surface area (Å²) in [6.45, 7) is 11.6. The average molecular weight is 822 g/mol. The number of carboxylic acids is 1. The molecule has 15 nitrogen and oxygen atoms in total. The Morgan fingerprint density at radius 2 is 1.65 bits per heavy atom. The largest absolute Gasteiger partial charge is 0.507 e. The molecule has 0 unspecified atom stereocenters. The highest BCUT2D eigenvalue weighted by Gasteiger charge is 2.36. The number of benzene rings is 3. The molecule has 1 aliphatic rings. The number of hydrogen-bond donors (Lipinski definition) is 7. The quantitative estimate of drug-likeness (QED) is 0.115. The summed E-state index contributed by atoms with van der Waals surface area (Å²) in [5, 5.41) is 29.0. The summed E-state index contributed by atoms with van der Waals surface area (Å²) in [5.74, 6) is -3.95. The van der Waals surface area contributed by atoms with Gasteiger partial charge in [0.2, 0.25) is 17.7 Å². The molecule has 9 N–H and O–H groups in total. The van der Waals surface area contributed by atoms with E-state index in [1.807, 2.05) is 18.2 Å². The van der Waals surface area contributed by atoms with Crippen molar-refractivity contribution in [1.29, 1.82) is 0 Å². The molecule has 1 aliphatic heterocycles. The zero-order chi connectivity index (χ0) is 44.1. The highest BCUT2D eigenvalue weighted by molar-refractivity contribution is 6.01. The molecule has 0 saturated heterocycles. The highest BCUT2D eigenvalue weighted by atomic mass is 16.5. The predicted octanol–water partition coefficient (Wildman–Crippen LogP) is 3.65. The number of phenols is 1. The van der Waals surface area contributed by atoms with Crippen LogP contribution in [0.5, 0.6) is 11.5 Å². The Hall–Kier alpha value is -6.32. The van der Waals surface area contributed by atoms with Crippen molar-refractivity contribution in [1.82, 2.24) is 25.8 Å². The molecule has 0 radical (unpaired) electrons. The van der Waals surface area contributed by atoms with Crippen molar-refractivity contribution in [2.45, 2.75) is 84.0 Å². The van der Waals surface area contributed by atoms with Crippen LogP contribution < -0.4 is 32.2 Å². The van der Waals surface area contributed by atoms with Crippen molar-refractivity contribution in [2.75, 3.05) is 26.7 Å². The smallest absolute Gasteiger partial charge is 0.326 e. The number of nitrogens with one attached hydrogen (secondary N) is 3. The molecule has 1 aromatic heterocycles. The van der Waals surface area contributed by atoms with Gasteiger partial charge in [-0.15, -0.1) is 0 Å². The van der Waals surface area contributed by atoms with Gasteiger partial charge in [-0.05, 0) is 91.7 Å². The van der Waals surface area contributed by atoms with E-state index in [-0.39, 0.29) is 60.4 Å². The molecule has 318 valence electrons. The Labute approximate surface area is 349 Å². The maximum absolute atomic E-state index is 14.5. The minimum atomic E-state index is -1.41. The van der Waals surface area contributed by atoms with Crippen LogP contribution >= 0.6 is 0 Å². The second-order valence-electron chi connectivity index (χ2n) is 16.1. The number of carbonyl (C=O) groups is 5. The van der Waals surface area contributed by atoms with Gasteiger partial charge in [0.15, 0.2) is 0 Å². The van der Waals surface area contributed by atoms with Crippen LogP contribution in [0, 0.1) is 13.8 Å². The summed E-state index contributed by atoms with van der Waals surface area (Å²) < 4.78 is 5.94. The van der Waals surface area contributed by atoms with Crippen LogP contribution in [0.1, 0.15) is 78.5 Å². The van der Waals surface area contributed by atoms with Crippen LogP contribution in [0.3, 0.4) is 0 Å². The lowest BCUT2D eigenvalue weighted by Gasteiger charge is -2.32. The first-order chi connectivity index (χ1) is 28.3. The fourth-order valence-corrected chi connectivity index (χ4v) is 7.28. The molecule has 0 spiro atoms. The van der Waals surface area contributed by atoms with Gasteiger partial charge in [-0.2, -0.15) is 0 Å². The Morgan fingerprint density at radius 3 is 2.27 bits per heavy atom. The molecule has 4 atom stereocenters. The number of phenolic OH excluding ortho intramolecular Hbond substituents is 1. The number of aromatic nitrogens is 1. The van der Waals surface area contributed by atoms with E-state index < -0.39 is 53.8 Å². The van der Waals surface area contributed by atoms with E-state index in [1.54, 1.807) is 44.2 Å². The molecule has 60 heavy (non-hydrogen) atoms. The Kier molecular flexibility index (Phi) is 14.0. The van der Waals surface area contributed by atoms with Gasteiger partial charge in [-0.1, -0.05) is 57.2 Å². The SMILES string of the molecule is Cc1cc(-c2ccc(C(C)(C)C)cc2)nc(C)c1C(=O)N[C@@H](CCN)C(=O)N(C)[C@@H]1C(=O)N[C@@H](C)C(=O)N[C@H](C(=O)O)Cc2ccc(O)c(c2)-c2cc1ccc2OCCN. The number of carbonyl (C=O) groups excluding carboxylic acids is 4. The number of pyridine rings is 1. The third-order valence-electron chi connectivity index (χ3n) is 10.6. The topological polar surface area (TPSA) is 239 Å². The van der Waals surface area contributed by atoms with Crippen molar-refractivity contribution in [3.8, 4) is 33.9 Å². The van der Waals surface area contributed by atoms with Gasteiger partial charge in [0.25, 0.3) is 5.91 Å². The van der Waals surface area contributed by atoms with E-state index in [4.69, 9.17) is 21.2 Å². The van der Waals surface area contributed by atoms with Crippen molar-refractivity contribution >= 4 is 29.6 Å². The number of aromatic hydroxyl groups is 1. The van der Waals surface area contributed by atoms with Gasteiger partial charge in [0.1, 0.15) is 42.3 Å². The first-order valence-corrected chi connectivity index (χ1v) is 19.8. The molecule has 0 saturated carbocycles. The standard InChI is InChI=1S/C45H55N7O8/c1-24-20-34(28-9-12-30(13-10-28)45(4,5)6)48-25(2)38(24)41(55)50-33(16-17-46)43(57)52(7)39-29-11-15-37(60-19-18-47)32(23-29)31-21-27(8-14-36(31)53)22-35(44(58)59)51-40(54)26(3)49-42(39)56/h8-15,20-21,23,26,33,35,39,53H,16-19,22,46-47H2,1-7H3,(H,49,56)(H,50,55)(H,51,54)(H,58,59)/t26-,33-,35-,39-/m0/s1. The van der Waals surface area contributed by atoms with Crippen LogP contribution in [0.2, 0.25) is 0 Å². The summed E-state index contributed by atoms with van der Waals surface area (Å²) in [6, 6.07) is 14.0. The third-order valence-corrected chi connectivity index (χ3v) is 10.6. The number of nitrogens with zero attached hydrogens (tertiary/aromatic N) is 2. The van der Waals surface area contributed by atoms with Crippen LogP contribution in [-0.2, 0) is 31.0 Å². The monoisotopic (exact) mass is 821 g/mol. The summed E-state index contributed by atoms with van der Waals surface area (Å²) >= 11 is 0. The van der Waals surface area contributed by atoms with E-state index >= 15 is 0 Å². The van der Waals surface area contributed by atoms with Crippen molar-refractivity contribution < 1.29 is 38.9 Å². The van der Waals surface area contributed by atoms with Gasteiger partial charge in [-0.3, -0.25) is 24.2 Å². The second kappa shape index (κ2) is 18.7. The zero-order valence-corrected chi connectivity index (χ0v) is 35.1. The molecular formula is C45H55N7O8. The van der Waals surface area contributed by atoms with E-state index in [9.17, 15) is 34.2 Å². The fraction of sp³-hybridized carbons (Fsp3) is 0.378. The summed E-state index contributed by atoms with van der Waals surface area (Å²) in [7, 11) is 1.39. The van der Waals surface area contributed by atoms with Crippen molar-refractivity contribution in [3.63, 3.8) is 0 Å². The molecule has 2 heterocycles. The van der Waals surface area contributed by atoms with Gasteiger partial charge in [-0.25, -0.2) is 4.79 Å². The maximum atomic E-state index is 14.5. The summed E-state index contributed by atoms with van der Waals surface area (Å²) in [6.07, 6.45) is -0.118. The Balaban J connectivity index is 1.53. The number of hydrogen-bond acceptors (Lipinski definition) is 10. The number of rotatable bonds is 11. The summed E-state index contributed by atoms with van der Waals surface area (Å²) in [4.78, 5) is 74.3. The second-order valence-corrected chi connectivity index (χ2v) is 16.1. The van der Waals surface area contributed by atoms with Crippen LogP contribution in [0.4, 0.5) is 0 Å². The normalized spacial score (nSPS) is 17.4. The molecule has 0 fully saturated rings.